The van der Waals surface area contributed by atoms with Crippen molar-refractivity contribution in [2.24, 2.45) is 0 Å². The molecule has 0 bridgehead atoms. The molecule has 0 unspecified atom stereocenters. The number of hydrogen-bond donors (Lipinski definition) is 3. The van der Waals surface area contributed by atoms with Crippen molar-refractivity contribution in [1.82, 2.24) is 20.1 Å². The van der Waals surface area contributed by atoms with Crippen LogP contribution in [0.15, 0.2) is 53.2 Å². The van der Waals surface area contributed by atoms with Crippen LogP contribution in [0.5, 0.6) is 0 Å². The second-order valence-corrected chi connectivity index (χ2v) is 11.0. The molecule has 4 heterocycles. The van der Waals surface area contributed by atoms with Crippen LogP contribution in [0.4, 0.5) is 17.2 Å². The molecule has 0 aliphatic carbocycles. The van der Waals surface area contributed by atoms with Gasteiger partial charge < -0.3 is 20.4 Å². The highest BCUT2D eigenvalue weighted by atomic mass is 32.1. The molecule has 1 saturated heterocycles. The van der Waals surface area contributed by atoms with Crippen LogP contribution in [0.3, 0.4) is 0 Å². The van der Waals surface area contributed by atoms with Crippen LogP contribution in [0, 0.1) is 0 Å². The molecule has 0 saturated carbocycles. The standard InChI is InChI=1S/C25H27N7OS3/c1-31(2)18-7-5-17(6-8-18)26-25(34)32-11-9-16(10-12-32)24-27-20(15-36-24)23(33)28-22-14-19(29-30-22)21-4-3-13-35-21/h3-8,13-16H,9-12H2,1-2H3,(H,26,34)(H2,28,29,30,33). The number of nitrogens with zero attached hydrogens (tertiary/aromatic N) is 4. The topological polar surface area (TPSA) is 89.2 Å². The predicted molar refractivity (Wildman–Crippen MR) is 153 cm³/mol. The van der Waals surface area contributed by atoms with E-state index < -0.39 is 0 Å². The van der Waals surface area contributed by atoms with Crippen LogP contribution in [0.25, 0.3) is 10.6 Å². The zero-order valence-corrected chi connectivity index (χ0v) is 22.5. The zero-order chi connectivity index (χ0) is 25.1. The van der Waals surface area contributed by atoms with Gasteiger partial charge in [0.05, 0.1) is 15.6 Å². The molecule has 1 aliphatic heterocycles. The minimum Gasteiger partial charge on any atom is -0.378 e. The molecule has 0 spiro atoms. The van der Waals surface area contributed by atoms with E-state index in [1.165, 1.54) is 0 Å². The quantitative estimate of drug-likeness (QED) is 0.280. The van der Waals surface area contributed by atoms with Crippen LogP contribution < -0.4 is 15.5 Å². The van der Waals surface area contributed by atoms with Crippen LogP contribution >= 0.6 is 34.9 Å². The number of nitrogens with one attached hydrogen (secondary N) is 3. The predicted octanol–water partition coefficient (Wildman–Crippen LogP) is 5.49. The number of benzene rings is 1. The van der Waals surface area contributed by atoms with Crippen molar-refractivity contribution < 1.29 is 4.79 Å². The minimum atomic E-state index is -0.246. The Hall–Kier alpha value is -3.28. The van der Waals surface area contributed by atoms with E-state index in [9.17, 15) is 4.79 Å². The maximum atomic E-state index is 12.7. The summed E-state index contributed by atoms with van der Waals surface area (Å²) in [6.07, 6.45) is 1.89. The number of aromatic amines is 1. The van der Waals surface area contributed by atoms with Gasteiger partial charge in [-0.05, 0) is 60.8 Å². The maximum Gasteiger partial charge on any atom is 0.276 e. The number of carbonyl (C=O) groups excluding carboxylic acids is 1. The van der Waals surface area contributed by atoms with E-state index in [-0.39, 0.29) is 5.91 Å². The molecule has 5 rings (SSSR count). The highest BCUT2D eigenvalue weighted by Crippen LogP contribution is 2.31. The first-order valence-corrected chi connectivity index (χ1v) is 13.8. The lowest BCUT2D eigenvalue weighted by molar-refractivity contribution is 0.102. The number of thiazole rings is 1. The first kappa shape index (κ1) is 24.4. The summed E-state index contributed by atoms with van der Waals surface area (Å²) in [5.41, 5.74) is 3.44. The lowest BCUT2D eigenvalue weighted by Gasteiger charge is -2.33. The summed E-state index contributed by atoms with van der Waals surface area (Å²) >= 11 is 8.81. The number of H-pyrrole nitrogens is 1. The SMILES string of the molecule is CN(C)c1ccc(NC(=S)N2CCC(c3nc(C(=O)Nc4cc(-c5cccs5)[nH]n4)cs3)CC2)cc1. The molecule has 0 radical (unpaired) electrons. The van der Waals surface area contributed by atoms with Crippen LogP contribution in [0.2, 0.25) is 0 Å². The van der Waals surface area contributed by atoms with Gasteiger partial charge in [-0.25, -0.2) is 4.98 Å². The summed E-state index contributed by atoms with van der Waals surface area (Å²) in [7, 11) is 4.05. The molecule has 186 valence electrons. The molecule has 11 heteroatoms. The number of carbonyl (C=O) groups is 1. The average molecular weight is 538 g/mol. The summed E-state index contributed by atoms with van der Waals surface area (Å²) in [5.74, 6) is 0.569. The Bertz CT molecular complexity index is 1320. The first-order chi connectivity index (χ1) is 17.5. The number of thiocarbonyl (C=S) groups is 1. The van der Waals surface area contributed by atoms with E-state index in [1.54, 1.807) is 22.7 Å². The normalized spacial score (nSPS) is 14.0. The Morgan fingerprint density at radius 2 is 1.92 bits per heavy atom. The summed E-state index contributed by atoms with van der Waals surface area (Å²) in [5, 5.41) is 18.9. The average Bonchev–Trinajstić information content (AvgIpc) is 3.66. The van der Waals surface area contributed by atoms with Crippen molar-refractivity contribution in [1.29, 1.82) is 0 Å². The number of likely N-dealkylation sites (tertiary alicyclic amines) is 1. The maximum absolute atomic E-state index is 12.7. The highest BCUT2D eigenvalue weighted by molar-refractivity contribution is 7.80. The molecular formula is C25H27N7OS3. The number of anilines is 3. The Labute approximate surface area is 223 Å². The lowest BCUT2D eigenvalue weighted by Crippen LogP contribution is -2.40. The van der Waals surface area contributed by atoms with Gasteiger partial charge in [0, 0.05) is 55.9 Å². The molecule has 1 aliphatic rings. The summed E-state index contributed by atoms with van der Waals surface area (Å²) in [4.78, 5) is 22.7. The van der Waals surface area contributed by atoms with Crippen LogP contribution in [-0.2, 0) is 0 Å². The van der Waals surface area contributed by atoms with Crippen molar-refractivity contribution in [3.63, 3.8) is 0 Å². The van der Waals surface area contributed by atoms with Gasteiger partial charge in [0.15, 0.2) is 10.9 Å². The molecule has 3 N–H and O–H groups in total. The molecule has 3 aromatic heterocycles. The van der Waals surface area contributed by atoms with Gasteiger partial charge in [-0.3, -0.25) is 9.89 Å². The van der Waals surface area contributed by atoms with E-state index in [1.807, 2.05) is 55.2 Å². The van der Waals surface area contributed by atoms with Gasteiger partial charge in [-0.1, -0.05) is 6.07 Å². The Morgan fingerprint density at radius 1 is 1.14 bits per heavy atom. The molecule has 8 nitrogen and oxygen atoms in total. The molecule has 0 atom stereocenters. The van der Waals surface area contributed by atoms with Crippen molar-refractivity contribution in [2.45, 2.75) is 18.8 Å². The smallest absolute Gasteiger partial charge is 0.276 e. The number of thiophene rings is 1. The fraction of sp³-hybridized carbons (Fsp3) is 0.280. The van der Waals surface area contributed by atoms with Gasteiger partial charge in [-0.15, -0.1) is 22.7 Å². The van der Waals surface area contributed by atoms with Crippen molar-refractivity contribution >= 4 is 63.1 Å². The third-order valence-corrected chi connectivity index (χ3v) is 8.40. The monoisotopic (exact) mass is 537 g/mol. The Balaban J connectivity index is 1.13. The van der Waals surface area contributed by atoms with E-state index in [0.29, 0.717) is 17.4 Å². The number of rotatable bonds is 6. The zero-order valence-electron chi connectivity index (χ0n) is 20.0. The largest absolute Gasteiger partial charge is 0.378 e. The van der Waals surface area contributed by atoms with Gasteiger partial charge in [0.2, 0.25) is 0 Å². The number of hydrogen-bond acceptors (Lipinski definition) is 7. The third-order valence-electron chi connectivity index (χ3n) is 6.13. The Morgan fingerprint density at radius 3 is 2.61 bits per heavy atom. The molecule has 1 aromatic carbocycles. The van der Waals surface area contributed by atoms with Crippen molar-refractivity contribution in [3.8, 4) is 10.6 Å². The molecular weight excluding hydrogens is 511 g/mol. The highest BCUT2D eigenvalue weighted by Gasteiger charge is 2.25. The van der Waals surface area contributed by atoms with Gasteiger partial charge in [0.25, 0.3) is 5.91 Å². The fourth-order valence-electron chi connectivity index (χ4n) is 4.08. The van der Waals surface area contributed by atoms with E-state index in [0.717, 1.165) is 58.0 Å². The number of aromatic nitrogens is 3. The van der Waals surface area contributed by atoms with Crippen molar-refractivity contribution in [2.75, 3.05) is 42.7 Å². The molecule has 1 amide bonds. The summed E-state index contributed by atoms with van der Waals surface area (Å²) < 4.78 is 0. The van der Waals surface area contributed by atoms with E-state index >= 15 is 0 Å². The molecule has 1 fully saturated rings. The second kappa shape index (κ2) is 10.8. The minimum absolute atomic E-state index is 0.246. The second-order valence-electron chi connectivity index (χ2n) is 8.80. The molecule has 36 heavy (non-hydrogen) atoms. The molecule has 4 aromatic rings. The summed E-state index contributed by atoms with van der Waals surface area (Å²) in [6.45, 7) is 1.71. The van der Waals surface area contributed by atoms with Crippen LogP contribution in [0.1, 0.15) is 34.3 Å². The van der Waals surface area contributed by atoms with Gasteiger partial charge in [-0.2, -0.15) is 5.10 Å². The van der Waals surface area contributed by atoms with E-state index in [2.05, 4.69) is 47.7 Å². The Kier molecular flexibility index (Phi) is 7.30. The first-order valence-electron chi connectivity index (χ1n) is 11.7. The van der Waals surface area contributed by atoms with Gasteiger partial charge in [0.1, 0.15) is 5.69 Å². The fourth-order valence-corrected chi connectivity index (χ4v) is 6.04. The van der Waals surface area contributed by atoms with E-state index in [4.69, 9.17) is 12.2 Å². The van der Waals surface area contributed by atoms with Gasteiger partial charge >= 0.3 is 0 Å². The third kappa shape index (κ3) is 5.58. The van der Waals surface area contributed by atoms with Crippen LogP contribution in [-0.4, -0.2) is 58.3 Å². The lowest BCUT2D eigenvalue weighted by atomic mass is 9.98. The summed E-state index contributed by atoms with van der Waals surface area (Å²) in [6, 6.07) is 14.1. The number of piperidine rings is 1. The van der Waals surface area contributed by atoms with Crippen molar-refractivity contribution in [3.05, 3.63) is 63.9 Å². The number of amides is 1.